The van der Waals surface area contributed by atoms with Gasteiger partial charge in [0.15, 0.2) is 0 Å². The molecule has 0 spiro atoms. The summed E-state index contributed by atoms with van der Waals surface area (Å²) in [4.78, 5) is 2.97. The highest BCUT2D eigenvalue weighted by Gasteiger charge is 2.22. The second-order valence-electron chi connectivity index (χ2n) is 3.68. The number of H-pyrrole nitrogens is 1. The minimum Gasteiger partial charge on any atom is -0.388 e. The monoisotopic (exact) mass is 180 g/mol. The van der Waals surface area contributed by atoms with E-state index in [2.05, 4.69) is 10.3 Å². The van der Waals surface area contributed by atoms with E-state index in [9.17, 15) is 5.11 Å². The van der Waals surface area contributed by atoms with E-state index in [4.69, 9.17) is 0 Å². The molecule has 1 atom stereocenters. The van der Waals surface area contributed by atoms with Crippen molar-refractivity contribution in [3.05, 3.63) is 24.0 Å². The van der Waals surface area contributed by atoms with Gasteiger partial charge in [-0.25, -0.2) is 0 Å². The molecule has 2 heterocycles. The molecule has 1 fully saturated rings. The Labute approximate surface area is 78.2 Å². The second kappa shape index (κ2) is 3.94. The number of aliphatic hydroxyl groups is 1. The van der Waals surface area contributed by atoms with Crippen LogP contribution in [0.2, 0.25) is 0 Å². The van der Waals surface area contributed by atoms with Crippen molar-refractivity contribution in [2.45, 2.75) is 18.9 Å². The van der Waals surface area contributed by atoms with Crippen molar-refractivity contribution in [2.75, 3.05) is 13.1 Å². The van der Waals surface area contributed by atoms with E-state index in [1.165, 1.54) is 0 Å². The van der Waals surface area contributed by atoms with E-state index in [-0.39, 0.29) is 6.10 Å². The average Bonchev–Trinajstić information content (AvgIpc) is 2.71. The van der Waals surface area contributed by atoms with Gasteiger partial charge in [-0.05, 0) is 43.5 Å². The van der Waals surface area contributed by atoms with Crippen LogP contribution in [-0.4, -0.2) is 23.2 Å². The Morgan fingerprint density at radius 2 is 2.15 bits per heavy atom. The molecule has 0 saturated carbocycles. The summed E-state index contributed by atoms with van der Waals surface area (Å²) in [7, 11) is 0. The minimum atomic E-state index is -0.284. The van der Waals surface area contributed by atoms with Crippen molar-refractivity contribution in [1.82, 2.24) is 10.3 Å². The summed E-state index contributed by atoms with van der Waals surface area (Å²) in [6.45, 7) is 2.07. The van der Waals surface area contributed by atoms with Crippen LogP contribution in [0.4, 0.5) is 0 Å². The SMILES string of the molecule is OC(c1cc[nH]c1)C1CCNCC1. The molecule has 72 valence electrons. The zero-order valence-corrected chi connectivity index (χ0v) is 7.66. The highest BCUT2D eigenvalue weighted by Crippen LogP contribution is 2.27. The van der Waals surface area contributed by atoms with Crippen LogP contribution in [-0.2, 0) is 0 Å². The normalized spacial score (nSPS) is 21.6. The lowest BCUT2D eigenvalue weighted by Gasteiger charge is -2.26. The van der Waals surface area contributed by atoms with Gasteiger partial charge in [-0.15, -0.1) is 0 Å². The lowest BCUT2D eigenvalue weighted by atomic mass is 9.89. The Kier molecular flexibility index (Phi) is 2.66. The number of aromatic nitrogens is 1. The zero-order valence-electron chi connectivity index (χ0n) is 7.66. The van der Waals surface area contributed by atoms with E-state index in [0.29, 0.717) is 5.92 Å². The molecule has 1 aromatic heterocycles. The lowest BCUT2D eigenvalue weighted by molar-refractivity contribution is 0.0891. The highest BCUT2D eigenvalue weighted by molar-refractivity contribution is 5.12. The molecular formula is C10H16N2O. The lowest BCUT2D eigenvalue weighted by Crippen LogP contribution is -2.30. The predicted octanol–water partition coefficient (Wildman–Crippen LogP) is 1.05. The largest absolute Gasteiger partial charge is 0.388 e. The average molecular weight is 180 g/mol. The molecule has 3 nitrogen and oxygen atoms in total. The molecule has 3 heteroatoms. The summed E-state index contributed by atoms with van der Waals surface area (Å²) in [5.74, 6) is 0.428. The molecule has 1 aromatic rings. The summed E-state index contributed by atoms with van der Waals surface area (Å²) in [5.41, 5.74) is 1.02. The van der Waals surface area contributed by atoms with Crippen LogP contribution in [0.3, 0.4) is 0 Å². The third-order valence-corrected chi connectivity index (χ3v) is 2.79. The highest BCUT2D eigenvalue weighted by atomic mass is 16.3. The summed E-state index contributed by atoms with van der Waals surface area (Å²) >= 11 is 0. The van der Waals surface area contributed by atoms with Crippen LogP contribution in [0.25, 0.3) is 0 Å². The number of rotatable bonds is 2. The Hall–Kier alpha value is -0.800. The van der Waals surface area contributed by atoms with Crippen LogP contribution >= 0.6 is 0 Å². The van der Waals surface area contributed by atoms with Gasteiger partial charge < -0.3 is 15.4 Å². The molecule has 1 aliphatic rings. The van der Waals surface area contributed by atoms with Gasteiger partial charge in [0.25, 0.3) is 0 Å². The molecular weight excluding hydrogens is 164 g/mol. The fourth-order valence-electron chi connectivity index (χ4n) is 1.95. The fourth-order valence-corrected chi connectivity index (χ4v) is 1.95. The predicted molar refractivity (Wildman–Crippen MR) is 51.3 cm³/mol. The maximum atomic E-state index is 9.99. The van der Waals surface area contributed by atoms with Gasteiger partial charge in [0.1, 0.15) is 0 Å². The van der Waals surface area contributed by atoms with Crippen molar-refractivity contribution in [2.24, 2.45) is 5.92 Å². The van der Waals surface area contributed by atoms with Gasteiger partial charge in [-0.2, -0.15) is 0 Å². The Bertz CT molecular complexity index is 239. The second-order valence-corrected chi connectivity index (χ2v) is 3.68. The quantitative estimate of drug-likeness (QED) is 0.637. The number of hydrogen-bond donors (Lipinski definition) is 3. The summed E-state index contributed by atoms with van der Waals surface area (Å²) in [6, 6.07) is 1.95. The van der Waals surface area contributed by atoms with E-state index in [0.717, 1.165) is 31.5 Å². The van der Waals surface area contributed by atoms with Crippen molar-refractivity contribution >= 4 is 0 Å². The van der Waals surface area contributed by atoms with Gasteiger partial charge in [-0.1, -0.05) is 0 Å². The first-order chi connectivity index (χ1) is 6.38. The standard InChI is InChI=1S/C10H16N2O/c13-10(9-3-6-12-7-9)8-1-4-11-5-2-8/h3,6-8,10-13H,1-2,4-5H2. The van der Waals surface area contributed by atoms with Crippen molar-refractivity contribution in [3.8, 4) is 0 Å². The van der Waals surface area contributed by atoms with Crippen LogP contribution in [0.15, 0.2) is 18.5 Å². The van der Waals surface area contributed by atoms with Crippen molar-refractivity contribution in [3.63, 3.8) is 0 Å². The van der Waals surface area contributed by atoms with E-state index in [1.54, 1.807) is 0 Å². The maximum Gasteiger partial charge on any atom is 0.0833 e. The van der Waals surface area contributed by atoms with Gasteiger partial charge in [0.05, 0.1) is 6.10 Å². The topological polar surface area (TPSA) is 48.0 Å². The van der Waals surface area contributed by atoms with Crippen LogP contribution in [0, 0.1) is 5.92 Å². The molecule has 1 aliphatic heterocycles. The molecule has 3 N–H and O–H groups in total. The van der Waals surface area contributed by atoms with Crippen LogP contribution in [0.1, 0.15) is 24.5 Å². The third-order valence-electron chi connectivity index (χ3n) is 2.79. The number of aliphatic hydroxyl groups excluding tert-OH is 1. The Morgan fingerprint density at radius 3 is 2.77 bits per heavy atom. The van der Waals surface area contributed by atoms with Gasteiger partial charge >= 0.3 is 0 Å². The van der Waals surface area contributed by atoms with E-state index >= 15 is 0 Å². The molecule has 0 aliphatic carbocycles. The summed E-state index contributed by atoms with van der Waals surface area (Å²) in [6.07, 6.45) is 5.61. The molecule has 2 rings (SSSR count). The molecule has 13 heavy (non-hydrogen) atoms. The molecule has 0 amide bonds. The first kappa shape index (κ1) is 8.78. The van der Waals surface area contributed by atoms with Crippen LogP contribution in [0.5, 0.6) is 0 Å². The molecule has 0 radical (unpaired) electrons. The van der Waals surface area contributed by atoms with Gasteiger partial charge in [0.2, 0.25) is 0 Å². The smallest absolute Gasteiger partial charge is 0.0833 e. The van der Waals surface area contributed by atoms with Crippen molar-refractivity contribution in [1.29, 1.82) is 0 Å². The van der Waals surface area contributed by atoms with E-state index < -0.39 is 0 Å². The minimum absolute atomic E-state index is 0.284. The molecule has 0 bridgehead atoms. The van der Waals surface area contributed by atoms with Crippen LogP contribution < -0.4 is 5.32 Å². The number of hydrogen-bond acceptors (Lipinski definition) is 2. The maximum absolute atomic E-state index is 9.99. The van der Waals surface area contributed by atoms with Crippen molar-refractivity contribution < 1.29 is 5.11 Å². The molecule has 0 aromatic carbocycles. The third kappa shape index (κ3) is 1.92. The first-order valence-electron chi connectivity index (χ1n) is 4.89. The summed E-state index contributed by atoms with van der Waals surface area (Å²) in [5, 5.41) is 13.3. The van der Waals surface area contributed by atoms with Gasteiger partial charge in [-0.3, -0.25) is 0 Å². The number of aromatic amines is 1. The number of piperidine rings is 1. The fraction of sp³-hybridized carbons (Fsp3) is 0.600. The Balaban J connectivity index is 1.99. The summed E-state index contributed by atoms with van der Waals surface area (Å²) < 4.78 is 0. The zero-order chi connectivity index (χ0) is 9.10. The molecule has 1 unspecified atom stereocenters. The Morgan fingerprint density at radius 1 is 1.38 bits per heavy atom. The van der Waals surface area contributed by atoms with Gasteiger partial charge in [0, 0.05) is 12.4 Å². The first-order valence-corrected chi connectivity index (χ1v) is 4.89. The number of nitrogens with one attached hydrogen (secondary N) is 2. The molecule has 1 saturated heterocycles. The van der Waals surface area contributed by atoms with E-state index in [1.807, 2.05) is 18.5 Å².